The van der Waals surface area contributed by atoms with E-state index >= 15 is 0 Å². The second-order valence-corrected chi connectivity index (χ2v) is 3.46. The van der Waals surface area contributed by atoms with Crippen LogP contribution < -0.4 is 0 Å². The maximum absolute atomic E-state index is 9.86. The van der Waals surface area contributed by atoms with Gasteiger partial charge >= 0.3 is 0 Å². The molecular formula is C13H13NO. The minimum atomic E-state index is 0.250. The molecule has 0 saturated carbocycles. The number of hydrogen-bond donors (Lipinski definition) is 2. The van der Waals surface area contributed by atoms with Crippen molar-refractivity contribution in [3.05, 3.63) is 54.3 Å². The van der Waals surface area contributed by atoms with Crippen LogP contribution in [0.3, 0.4) is 0 Å². The molecule has 0 radical (unpaired) electrons. The molecule has 0 spiro atoms. The van der Waals surface area contributed by atoms with Crippen molar-refractivity contribution >= 4 is 16.7 Å². The maximum atomic E-state index is 9.86. The molecule has 2 heteroatoms. The van der Waals surface area contributed by atoms with Crippen LogP contribution in [0, 0.1) is 6.92 Å². The zero-order valence-electron chi connectivity index (χ0n) is 8.62. The first-order valence-electron chi connectivity index (χ1n) is 4.83. The third-order valence-electron chi connectivity index (χ3n) is 2.43. The topological polar surface area (TPSA) is 36.0 Å². The molecule has 0 amide bonds. The highest BCUT2D eigenvalue weighted by atomic mass is 16.3. The zero-order valence-corrected chi connectivity index (χ0v) is 8.62. The van der Waals surface area contributed by atoms with Crippen LogP contribution in [0.5, 0.6) is 0 Å². The lowest BCUT2D eigenvalue weighted by Crippen LogP contribution is -1.83. The van der Waals surface area contributed by atoms with Gasteiger partial charge in [0.05, 0.1) is 0 Å². The van der Waals surface area contributed by atoms with Gasteiger partial charge in [-0.25, -0.2) is 0 Å². The number of aliphatic hydroxyl groups excluding tert-OH is 1. The highest BCUT2D eigenvalue weighted by molar-refractivity contribution is 5.92. The summed E-state index contributed by atoms with van der Waals surface area (Å²) in [5, 5.41) is 10.9. The van der Waals surface area contributed by atoms with Gasteiger partial charge in [0.25, 0.3) is 0 Å². The van der Waals surface area contributed by atoms with Crippen LogP contribution in [-0.4, -0.2) is 10.1 Å². The van der Waals surface area contributed by atoms with Crippen molar-refractivity contribution in [1.29, 1.82) is 0 Å². The molecule has 0 aliphatic carbocycles. The summed E-state index contributed by atoms with van der Waals surface area (Å²) in [4.78, 5) is 3.23. The van der Waals surface area contributed by atoms with Gasteiger partial charge < -0.3 is 10.1 Å². The average molecular weight is 199 g/mol. The van der Waals surface area contributed by atoms with Crippen molar-refractivity contribution in [3.63, 3.8) is 0 Å². The number of aliphatic hydroxyl groups is 1. The summed E-state index contributed by atoms with van der Waals surface area (Å²) in [6.45, 7) is 5.52. The third-order valence-corrected chi connectivity index (χ3v) is 2.43. The van der Waals surface area contributed by atoms with Crippen molar-refractivity contribution in [2.45, 2.75) is 6.92 Å². The molecule has 0 unspecified atom stereocenters. The first-order valence-corrected chi connectivity index (χ1v) is 4.83. The van der Waals surface area contributed by atoms with Crippen LogP contribution >= 0.6 is 0 Å². The fraction of sp³-hybridized carbons (Fsp3) is 0.0769. The van der Waals surface area contributed by atoms with Crippen molar-refractivity contribution in [1.82, 2.24) is 4.98 Å². The van der Waals surface area contributed by atoms with Gasteiger partial charge in [-0.1, -0.05) is 30.9 Å². The molecule has 0 aliphatic rings. The summed E-state index contributed by atoms with van der Waals surface area (Å²) in [5.41, 5.74) is 2.85. The molecule has 1 heterocycles. The standard InChI is InChI=1S/C13H13NO/c1-3-6-12(15)13-9(2)14-11-8-5-4-7-10(11)13/h3-8,14-15H,1H2,2H3/b12-6+. The zero-order chi connectivity index (χ0) is 10.8. The molecule has 1 aromatic heterocycles. The Morgan fingerprint density at radius 1 is 1.40 bits per heavy atom. The van der Waals surface area contributed by atoms with Crippen molar-refractivity contribution in [2.75, 3.05) is 0 Å². The highest BCUT2D eigenvalue weighted by Gasteiger charge is 2.10. The smallest absolute Gasteiger partial charge is 0.125 e. The minimum Gasteiger partial charge on any atom is -0.507 e. The number of H-pyrrole nitrogens is 1. The first kappa shape index (κ1) is 9.59. The predicted molar refractivity (Wildman–Crippen MR) is 63.8 cm³/mol. The van der Waals surface area contributed by atoms with Gasteiger partial charge in [-0.15, -0.1) is 0 Å². The number of aromatic amines is 1. The maximum Gasteiger partial charge on any atom is 0.125 e. The molecule has 2 N–H and O–H groups in total. The van der Waals surface area contributed by atoms with E-state index in [9.17, 15) is 5.11 Å². The Hall–Kier alpha value is -1.96. The Balaban J connectivity index is 2.74. The van der Waals surface area contributed by atoms with Crippen molar-refractivity contribution in [3.8, 4) is 0 Å². The van der Waals surface area contributed by atoms with E-state index in [-0.39, 0.29) is 5.76 Å². The van der Waals surface area contributed by atoms with E-state index in [2.05, 4.69) is 11.6 Å². The van der Waals surface area contributed by atoms with E-state index in [1.807, 2.05) is 31.2 Å². The summed E-state index contributed by atoms with van der Waals surface area (Å²) >= 11 is 0. The number of allylic oxidation sites excluding steroid dienone is 2. The van der Waals surface area contributed by atoms with Gasteiger partial charge in [0, 0.05) is 22.2 Å². The Morgan fingerprint density at radius 2 is 2.13 bits per heavy atom. The number of aryl methyl sites for hydroxylation is 1. The summed E-state index contributed by atoms with van der Waals surface area (Å²) in [5.74, 6) is 0.250. The van der Waals surface area contributed by atoms with Crippen LogP contribution in [0.1, 0.15) is 11.3 Å². The Morgan fingerprint density at radius 3 is 2.87 bits per heavy atom. The predicted octanol–water partition coefficient (Wildman–Crippen LogP) is 3.56. The summed E-state index contributed by atoms with van der Waals surface area (Å²) in [6, 6.07) is 7.91. The number of aromatic nitrogens is 1. The van der Waals surface area contributed by atoms with E-state index in [1.54, 1.807) is 12.2 Å². The normalized spacial score (nSPS) is 11.9. The monoisotopic (exact) mass is 199 g/mol. The molecule has 2 aromatic rings. The molecule has 0 atom stereocenters. The van der Waals surface area contributed by atoms with Gasteiger partial charge in [0.2, 0.25) is 0 Å². The lowest BCUT2D eigenvalue weighted by molar-refractivity contribution is 0.512. The molecule has 0 aliphatic heterocycles. The molecule has 0 bridgehead atoms. The average Bonchev–Trinajstić information content (AvgIpc) is 2.54. The molecule has 2 nitrogen and oxygen atoms in total. The van der Waals surface area contributed by atoms with Gasteiger partial charge in [0.15, 0.2) is 0 Å². The fourth-order valence-corrected chi connectivity index (χ4v) is 1.80. The van der Waals surface area contributed by atoms with Crippen molar-refractivity contribution < 1.29 is 5.11 Å². The van der Waals surface area contributed by atoms with Gasteiger partial charge in [-0.2, -0.15) is 0 Å². The molecule has 0 saturated heterocycles. The second kappa shape index (κ2) is 3.65. The van der Waals surface area contributed by atoms with Crippen LogP contribution in [0.15, 0.2) is 43.0 Å². The number of benzene rings is 1. The number of hydrogen-bond acceptors (Lipinski definition) is 1. The Labute approximate surface area is 88.6 Å². The van der Waals surface area contributed by atoms with Crippen molar-refractivity contribution in [2.24, 2.45) is 0 Å². The molecular weight excluding hydrogens is 186 g/mol. The fourth-order valence-electron chi connectivity index (χ4n) is 1.80. The SMILES string of the molecule is C=C/C=C(/O)c1c(C)[nH]c2ccccc12. The minimum absolute atomic E-state index is 0.250. The first-order chi connectivity index (χ1) is 7.24. The summed E-state index contributed by atoms with van der Waals surface area (Å²) in [6.07, 6.45) is 3.18. The Bertz CT molecular complexity index is 534. The number of nitrogens with one attached hydrogen (secondary N) is 1. The number of fused-ring (bicyclic) bond motifs is 1. The lowest BCUT2D eigenvalue weighted by atomic mass is 10.1. The van der Waals surface area contributed by atoms with Gasteiger partial charge in [0.1, 0.15) is 5.76 Å². The number of rotatable bonds is 2. The van der Waals surface area contributed by atoms with E-state index in [0.29, 0.717) is 0 Å². The summed E-state index contributed by atoms with van der Waals surface area (Å²) in [7, 11) is 0. The molecule has 0 fully saturated rings. The summed E-state index contributed by atoms with van der Waals surface area (Å²) < 4.78 is 0. The van der Waals surface area contributed by atoms with Gasteiger partial charge in [-0.3, -0.25) is 0 Å². The largest absolute Gasteiger partial charge is 0.507 e. The van der Waals surface area contributed by atoms with E-state index in [0.717, 1.165) is 22.2 Å². The number of para-hydroxylation sites is 1. The molecule has 2 rings (SSSR count). The Kier molecular flexibility index (Phi) is 2.34. The van der Waals surface area contributed by atoms with E-state index in [1.165, 1.54) is 0 Å². The molecule has 76 valence electrons. The van der Waals surface area contributed by atoms with E-state index in [4.69, 9.17) is 0 Å². The molecule has 15 heavy (non-hydrogen) atoms. The molecule has 1 aromatic carbocycles. The third kappa shape index (κ3) is 1.54. The van der Waals surface area contributed by atoms with Crippen LogP contribution in [0.2, 0.25) is 0 Å². The van der Waals surface area contributed by atoms with Crippen LogP contribution in [0.25, 0.3) is 16.7 Å². The lowest BCUT2D eigenvalue weighted by Gasteiger charge is -1.98. The van der Waals surface area contributed by atoms with Gasteiger partial charge in [-0.05, 0) is 19.1 Å². The van der Waals surface area contributed by atoms with Crippen LogP contribution in [0.4, 0.5) is 0 Å². The second-order valence-electron chi connectivity index (χ2n) is 3.46. The highest BCUT2D eigenvalue weighted by Crippen LogP contribution is 2.26. The van der Waals surface area contributed by atoms with Crippen LogP contribution in [-0.2, 0) is 0 Å². The quantitative estimate of drug-likeness (QED) is 0.563. The van der Waals surface area contributed by atoms with E-state index < -0.39 is 0 Å².